The summed E-state index contributed by atoms with van der Waals surface area (Å²) in [4.78, 5) is 4.28. The molecule has 1 aromatic heterocycles. The summed E-state index contributed by atoms with van der Waals surface area (Å²) in [5, 5.41) is 4.82. The van der Waals surface area contributed by atoms with Gasteiger partial charge in [0.25, 0.3) is 0 Å². The standard InChI is InChI=1S/C15H10ClFN2/c16-10-1-6-14-13(9-10)15(7-8-18-14)19-12-4-2-11(17)3-5-12/h1-9H,(H,18,19). The van der Waals surface area contributed by atoms with Crippen LogP contribution in [0.15, 0.2) is 54.7 Å². The van der Waals surface area contributed by atoms with Crippen LogP contribution in [0.4, 0.5) is 15.8 Å². The zero-order valence-corrected chi connectivity index (χ0v) is 10.7. The first-order chi connectivity index (χ1) is 9.22. The zero-order chi connectivity index (χ0) is 13.2. The van der Waals surface area contributed by atoms with Crippen molar-refractivity contribution in [2.24, 2.45) is 0 Å². The molecule has 0 saturated carbocycles. The number of hydrogen-bond acceptors (Lipinski definition) is 2. The van der Waals surface area contributed by atoms with Gasteiger partial charge in [-0.2, -0.15) is 0 Å². The number of halogens is 2. The van der Waals surface area contributed by atoms with E-state index in [1.165, 1.54) is 12.1 Å². The van der Waals surface area contributed by atoms with E-state index >= 15 is 0 Å². The average molecular weight is 273 g/mol. The molecule has 19 heavy (non-hydrogen) atoms. The van der Waals surface area contributed by atoms with Gasteiger partial charge in [0.2, 0.25) is 0 Å². The van der Waals surface area contributed by atoms with Gasteiger partial charge in [0.1, 0.15) is 5.82 Å². The molecule has 3 rings (SSSR count). The van der Waals surface area contributed by atoms with Crippen LogP contribution in [0.1, 0.15) is 0 Å². The minimum Gasteiger partial charge on any atom is -0.355 e. The van der Waals surface area contributed by atoms with Gasteiger partial charge in [0.15, 0.2) is 0 Å². The lowest BCUT2D eigenvalue weighted by Crippen LogP contribution is -1.92. The summed E-state index contributed by atoms with van der Waals surface area (Å²) in [6.07, 6.45) is 1.72. The number of aromatic nitrogens is 1. The maximum absolute atomic E-state index is 12.9. The van der Waals surface area contributed by atoms with E-state index in [-0.39, 0.29) is 5.82 Å². The van der Waals surface area contributed by atoms with Gasteiger partial charge in [-0.1, -0.05) is 11.6 Å². The van der Waals surface area contributed by atoms with Crippen molar-refractivity contribution < 1.29 is 4.39 Å². The van der Waals surface area contributed by atoms with Crippen LogP contribution in [0.5, 0.6) is 0 Å². The van der Waals surface area contributed by atoms with E-state index in [4.69, 9.17) is 11.6 Å². The first-order valence-electron chi connectivity index (χ1n) is 5.79. The third kappa shape index (κ3) is 2.51. The third-order valence-electron chi connectivity index (χ3n) is 2.83. The first kappa shape index (κ1) is 11.9. The molecule has 0 radical (unpaired) electrons. The highest BCUT2D eigenvalue weighted by Gasteiger charge is 2.03. The SMILES string of the molecule is Fc1ccc(Nc2ccnc3ccc(Cl)cc23)cc1. The summed E-state index contributed by atoms with van der Waals surface area (Å²) in [7, 11) is 0. The summed E-state index contributed by atoms with van der Waals surface area (Å²) < 4.78 is 12.9. The van der Waals surface area contributed by atoms with Gasteiger partial charge in [0.05, 0.1) is 5.52 Å². The Morgan fingerprint density at radius 1 is 1.00 bits per heavy atom. The molecule has 0 atom stereocenters. The normalized spacial score (nSPS) is 10.6. The van der Waals surface area contributed by atoms with Gasteiger partial charge in [-0.05, 0) is 48.5 Å². The van der Waals surface area contributed by atoms with Crippen LogP contribution in [0.2, 0.25) is 5.02 Å². The van der Waals surface area contributed by atoms with E-state index in [1.54, 1.807) is 24.4 Å². The van der Waals surface area contributed by atoms with Gasteiger partial charge >= 0.3 is 0 Å². The molecule has 0 aliphatic heterocycles. The van der Waals surface area contributed by atoms with E-state index in [0.29, 0.717) is 5.02 Å². The molecular formula is C15H10ClFN2. The predicted octanol–water partition coefficient (Wildman–Crippen LogP) is 4.77. The smallest absolute Gasteiger partial charge is 0.123 e. The highest BCUT2D eigenvalue weighted by atomic mass is 35.5. The Bertz CT molecular complexity index is 726. The van der Waals surface area contributed by atoms with Gasteiger partial charge < -0.3 is 5.32 Å². The van der Waals surface area contributed by atoms with Gasteiger partial charge in [0, 0.05) is 28.0 Å². The lowest BCUT2D eigenvalue weighted by atomic mass is 10.2. The van der Waals surface area contributed by atoms with Crippen LogP contribution in [0.3, 0.4) is 0 Å². The second kappa shape index (κ2) is 4.86. The monoisotopic (exact) mass is 272 g/mol. The Kier molecular flexibility index (Phi) is 3.05. The number of benzene rings is 2. The van der Waals surface area contributed by atoms with Gasteiger partial charge in [-0.25, -0.2) is 4.39 Å². The maximum Gasteiger partial charge on any atom is 0.123 e. The number of nitrogens with zero attached hydrogens (tertiary/aromatic N) is 1. The second-order valence-electron chi connectivity index (χ2n) is 4.15. The number of pyridine rings is 1. The van der Waals surface area contributed by atoms with Crippen LogP contribution in [0, 0.1) is 5.82 Å². The molecule has 0 aliphatic rings. The molecule has 0 bridgehead atoms. The number of anilines is 2. The lowest BCUT2D eigenvalue weighted by Gasteiger charge is -2.09. The van der Waals surface area contributed by atoms with Crippen LogP contribution in [-0.4, -0.2) is 4.98 Å². The number of fused-ring (bicyclic) bond motifs is 1. The molecule has 2 aromatic carbocycles. The van der Waals surface area contributed by atoms with Crippen LogP contribution in [0.25, 0.3) is 10.9 Å². The van der Waals surface area contributed by atoms with Crippen molar-refractivity contribution >= 4 is 33.9 Å². The molecule has 0 amide bonds. The quantitative estimate of drug-likeness (QED) is 0.727. The molecular weight excluding hydrogens is 263 g/mol. The molecule has 0 aliphatic carbocycles. The Balaban J connectivity index is 2.05. The molecule has 4 heteroatoms. The van der Waals surface area contributed by atoms with Crippen molar-refractivity contribution in [1.82, 2.24) is 4.98 Å². The number of hydrogen-bond donors (Lipinski definition) is 1. The zero-order valence-electron chi connectivity index (χ0n) is 9.90. The van der Waals surface area contributed by atoms with Crippen molar-refractivity contribution in [3.63, 3.8) is 0 Å². The first-order valence-corrected chi connectivity index (χ1v) is 6.17. The van der Waals surface area contributed by atoms with Crippen molar-refractivity contribution in [3.8, 4) is 0 Å². The van der Waals surface area contributed by atoms with Crippen molar-refractivity contribution in [2.75, 3.05) is 5.32 Å². The molecule has 2 nitrogen and oxygen atoms in total. The average Bonchev–Trinajstić information content (AvgIpc) is 2.42. The highest BCUT2D eigenvalue weighted by Crippen LogP contribution is 2.27. The molecule has 0 saturated heterocycles. The molecule has 1 N–H and O–H groups in total. The van der Waals surface area contributed by atoms with Crippen LogP contribution in [-0.2, 0) is 0 Å². The molecule has 0 fully saturated rings. The van der Waals surface area contributed by atoms with Crippen LogP contribution >= 0.6 is 11.6 Å². The fraction of sp³-hybridized carbons (Fsp3) is 0. The van der Waals surface area contributed by atoms with Crippen molar-refractivity contribution in [3.05, 3.63) is 65.6 Å². The number of nitrogens with one attached hydrogen (secondary N) is 1. The lowest BCUT2D eigenvalue weighted by molar-refractivity contribution is 0.628. The fourth-order valence-corrected chi connectivity index (χ4v) is 2.09. The minimum absolute atomic E-state index is 0.256. The van der Waals surface area contributed by atoms with E-state index < -0.39 is 0 Å². The predicted molar refractivity (Wildman–Crippen MR) is 76.4 cm³/mol. The van der Waals surface area contributed by atoms with E-state index in [0.717, 1.165) is 22.3 Å². The third-order valence-corrected chi connectivity index (χ3v) is 3.06. The van der Waals surface area contributed by atoms with E-state index in [2.05, 4.69) is 10.3 Å². The summed E-state index contributed by atoms with van der Waals surface area (Å²) in [6.45, 7) is 0. The van der Waals surface area contributed by atoms with Gasteiger partial charge in [-0.3, -0.25) is 4.98 Å². The van der Waals surface area contributed by atoms with E-state index in [9.17, 15) is 4.39 Å². The summed E-state index contributed by atoms with van der Waals surface area (Å²) >= 11 is 6.01. The summed E-state index contributed by atoms with van der Waals surface area (Å²) in [6, 6.07) is 13.6. The maximum atomic E-state index is 12.9. The fourth-order valence-electron chi connectivity index (χ4n) is 1.92. The largest absolute Gasteiger partial charge is 0.355 e. The van der Waals surface area contributed by atoms with E-state index in [1.807, 2.05) is 18.2 Å². The Hall–Kier alpha value is -2.13. The Labute approximate surface area is 114 Å². The Morgan fingerprint density at radius 2 is 1.79 bits per heavy atom. The van der Waals surface area contributed by atoms with Gasteiger partial charge in [-0.15, -0.1) is 0 Å². The van der Waals surface area contributed by atoms with Crippen molar-refractivity contribution in [2.45, 2.75) is 0 Å². The highest BCUT2D eigenvalue weighted by molar-refractivity contribution is 6.31. The second-order valence-corrected chi connectivity index (χ2v) is 4.59. The minimum atomic E-state index is -0.256. The Morgan fingerprint density at radius 3 is 2.58 bits per heavy atom. The summed E-state index contributed by atoms with van der Waals surface area (Å²) in [5.74, 6) is -0.256. The molecule has 0 unspecified atom stereocenters. The number of rotatable bonds is 2. The molecule has 94 valence electrons. The molecule has 1 heterocycles. The van der Waals surface area contributed by atoms with Crippen molar-refractivity contribution in [1.29, 1.82) is 0 Å². The molecule has 0 spiro atoms. The van der Waals surface area contributed by atoms with Crippen LogP contribution < -0.4 is 5.32 Å². The molecule has 3 aromatic rings. The summed E-state index contributed by atoms with van der Waals surface area (Å²) in [5.41, 5.74) is 2.56. The topological polar surface area (TPSA) is 24.9 Å².